The number of benzene rings is 2. The fraction of sp³-hybridized carbons (Fsp3) is 0.333. The lowest BCUT2D eigenvalue weighted by Crippen LogP contribution is -2.27. The minimum atomic E-state index is -0.118. The molecule has 1 unspecified atom stereocenters. The quantitative estimate of drug-likeness (QED) is 0.799. The van der Waals surface area contributed by atoms with Gasteiger partial charge in [0.25, 0.3) is 0 Å². The van der Waals surface area contributed by atoms with Crippen molar-refractivity contribution in [2.75, 3.05) is 23.1 Å². The molecule has 27 heavy (non-hydrogen) atoms. The Hall–Kier alpha value is -2.47. The van der Waals surface area contributed by atoms with Crippen LogP contribution in [0.3, 0.4) is 0 Å². The van der Waals surface area contributed by atoms with E-state index in [0.29, 0.717) is 18.1 Å². The van der Waals surface area contributed by atoms with Crippen LogP contribution in [0.1, 0.15) is 31.2 Å². The monoisotopic (exact) mass is 384 g/mol. The molecule has 0 aromatic heterocycles. The van der Waals surface area contributed by atoms with E-state index >= 15 is 0 Å². The van der Waals surface area contributed by atoms with Gasteiger partial charge in [0.15, 0.2) is 0 Å². The van der Waals surface area contributed by atoms with Crippen LogP contribution in [0, 0.1) is 5.92 Å². The molecule has 0 saturated carbocycles. The fourth-order valence-electron chi connectivity index (χ4n) is 3.05. The van der Waals surface area contributed by atoms with Crippen molar-refractivity contribution >= 4 is 35.0 Å². The summed E-state index contributed by atoms with van der Waals surface area (Å²) in [6.45, 7) is 4.03. The van der Waals surface area contributed by atoms with E-state index in [2.05, 4.69) is 5.32 Å². The van der Waals surface area contributed by atoms with E-state index in [4.69, 9.17) is 4.74 Å². The molecule has 5 nitrogen and oxygen atoms in total. The molecule has 1 N–H and O–H groups in total. The summed E-state index contributed by atoms with van der Waals surface area (Å²) in [7, 11) is 1.62. The van der Waals surface area contributed by atoms with Crippen LogP contribution in [0.4, 0.5) is 11.4 Å². The Morgan fingerprint density at radius 1 is 1.26 bits per heavy atom. The molecule has 1 aliphatic heterocycles. The van der Waals surface area contributed by atoms with E-state index < -0.39 is 0 Å². The zero-order valence-corrected chi connectivity index (χ0v) is 16.6. The van der Waals surface area contributed by atoms with Gasteiger partial charge in [-0.25, -0.2) is 0 Å². The first-order valence-electron chi connectivity index (χ1n) is 8.95. The van der Waals surface area contributed by atoms with Gasteiger partial charge in [0.05, 0.1) is 12.9 Å². The number of rotatable bonds is 6. The molecule has 1 fully saturated rings. The molecule has 0 radical (unpaired) electrons. The fourth-order valence-corrected chi connectivity index (χ4v) is 4.21. The highest BCUT2D eigenvalue weighted by molar-refractivity contribution is 8.00. The lowest BCUT2D eigenvalue weighted by Gasteiger charge is -2.25. The van der Waals surface area contributed by atoms with Gasteiger partial charge in [-0.05, 0) is 47.9 Å². The van der Waals surface area contributed by atoms with Crippen molar-refractivity contribution in [1.82, 2.24) is 0 Å². The molecule has 2 amide bonds. The highest BCUT2D eigenvalue weighted by atomic mass is 32.2. The van der Waals surface area contributed by atoms with Crippen molar-refractivity contribution in [3.05, 3.63) is 54.1 Å². The van der Waals surface area contributed by atoms with E-state index in [9.17, 15) is 9.59 Å². The Morgan fingerprint density at radius 2 is 2.00 bits per heavy atom. The minimum absolute atomic E-state index is 0.00399. The Balaban J connectivity index is 1.82. The summed E-state index contributed by atoms with van der Waals surface area (Å²) >= 11 is 1.59. The Morgan fingerprint density at radius 3 is 2.67 bits per heavy atom. The second kappa shape index (κ2) is 8.48. The Kier molecular flexibility index (Phi) is 6.06. The summed E-state index contributed by atoms with van der Waals surface area (Å²) < 4.78 is 5.20. The van der Waals surface area contributed by atoms with Gasteiger partial charge in [-0.1, -0.05) is 26.0 Å². The molecular formula is C21H24N2O3S. The van der Waals surface area contributed by atoms with Crippen molar-refractivity contribution in [3.8, 4) is 5.75 Å². The molecule has 142 valence electrons. The highest BCUT2D eigenvalue weighted by Gasteiger charge is 2.34. The number of carbonyl (C=O) groups is 2. The van der Waals surface area contributed by atoms with Gasteiger partial charge in [-0.15, -0.1) is 11.8 Å². The van der Waals surface area contributed by atoms with Gasteiger partial charge < -0.3 is 10.1 Å². The molecule has 6 heteroatoms. The zero-order chi connectivity index (χ0) is 19.4. The van der Waals surface area contributed by atoms with Crippen molar-refractivity contribution in [1.29, 1.82) is 0 Å². The predicted molar refractivity (Wildman–Crippen MR) is 110 cm³/mol. The maximum atomic E-state index is 12.5. The standard InChI is InChI=1S/C21H24N2O3S/c1-14(2)11-19(24)22-16-6-4-5-15(12-16)21-23(20(25)13-27-21)17-7-9-18(26-3)10-8-17/h4-10,12,14,21H,11,13H2,1-3H3,(H,22,24). The first kappa shape index (κ1) is 19.3. The van der Waals surface area contributed by atoms with E-state index in [1.807, 2.05) is 62.4 Å². The topological polar surface area (TPSA) is 58.6 Å². The van der Waals surface area contributed by atoms with Crippen molar-refractivity contribution < 1.29 is 14.3 Å². The number of carbonyl (C=O) groups excluding carboxylic acids is 2. The number of nitrogens with one attached hydrogen (secondary N) is 1. The average Bonchev–Trinajstić information content (AvgIpc) is 3.03. The third-order valence-electron chi connectivity index (χ3n) is 4.27. The Labute approximate surface area is 164 Å². The zero-order valence-electron chi connectivity index (χ0n) is 15.8. The van der Waals surface area contributed by atoms with Gasteiger partial charge in [0.1, 0.15) is 11.1 Å². The first-order valence-corrected chi connectivity index (χ1v) is 10.0. The van der Waals surface area contributed by atoms with Crippen molar-refractivity contribution in [2.24, 2.45) is 5.92 Å². The summed E-state index contributed by atoms with van der Waals surface area (Å²) in [4.78, 5) is 26.4. The molecule has 0 bridgehead atoms. The predicted octanol–water partition coefficient (Wildman–Crippen LogP) is 4.46. The first-order chi connectivity index (χ1) is 13.0. The van der Waals surface area contributed by atoms with E-state index in [1.54, 1.807) is 23.8 Å². The molecule has 1 atom stereocenters. The van der Waals surface area contributed by atoms with Crippen LogP contribution in [0.5, 0.6) is 5.75 Å². The maximum Gasteiger partial charge on any atom is 0.238 e. The van der Waals surface area contributed by atoms with E-state index in [0.717, 1.165) is 22.7 Å². The largest absolute Gasteiger partial charge is 0.497 e. The maximum absolute atomic E-state index is 12.5. The molecule has 1 aliphatic rings. The van der Waals surface area contributed by atoms with E-state index in [1.165, 1.54) is 0 Å². The van der Waals surface area contributed by atoms with Crippen LogP contribution < -0.4 is 15.0 Å². The molecule has 0 aliphatic carbocycles. The SMILES string of the molecule is COc1ccc(N2C(=O)CSC2c2cccc(NC(=O)CC(C)C)c2)cc1. The smallest absolute Gasteiger partial charge is 0.238 e. The second-order valence-electron chi connectivity index (χ2n) is 6.90. The van der Waals surface area contributed by atoms with Gasteiger partial charge in [-0.3, -0.25) is 14.5 Å². The summed E-state index contributed by atoms with van der Waals surface area (Å²) in [5.74, 6) is 1.57. The molecule has 2 aromatic carbocycles. The average molecular weight is 385 g/mol. The van der Waals surface area contributed by atoms with Crippen molar-refractivity contribution in [3.63, 3.8) is 0 Å². The molecule has 3 rings (SSSR count). The second-order valence-corrected chi connectivity index (χ2v) is 7.97. The molecule has 1 heterocycles. The molecular weight excluding hydrogens is 360 g/mol. The normalized spacial score (nSPS) is 16.7. The minimum Gasteiger partial charge on any atom is -0.497 e. The molecule has 2 aromatic rings. The summed E-state index contributed by atoms with van der Waals surface area (Å²) in [5.41, 5.74) is 2.59. The van der Waals surface area contributed by atoms with Crippen LogP contribution >= 0.6 is 11.8 Å². The van der Waals surface area contributed by atoms with Gasteiger partial charge in [0.2, 0.25) is 11.8 Å². The number of hydrogen-bond acceptors (Lipinski definition) is 4. The molecule has 0 spiro atoms. The van der Waals surface area contributed by atoms with Gasteiger partial charge >= 0.3 is 0 Å². The number of hydrogen-bond donors (Lipinski definition) is 1. The van der Waals surface area contributed by atoms with Crippen LogP contribution in [-0.2, 0) is 9.59 Å². The lowest BCUT2D eigenvalue weighted by molar-refractivity contribution is -0.117. The van der Waals surface area contributed by atoms with Crippen molar-refractivity contribution in [2.45, 2.75) is 25.6 Å². The number of methoxy groups -OCH3 is 1. The molecule has 1 saturated heterocycles. The number of nitrogens with zero attached hydrogens (tertiary/aromatic N) is 1. The summed E-state index contributed by atoms with van der Waals surface area (Å²) in [6, 6.07) is 15.2. The van der Waals surface area contributed by atoms with Crippen LogP contribution in [0.25, 0.3) is 0 Å². The van der Waals surface area contributed by atoms with Crippen LogP contribution in [0.2, 0.25) is 0 Å². The highest BCUT2D eigenvalue weighted by Crippen LogP contribution is 2.42. The number of amides is 2. The number of anilines is 2. The van der Waals surface area contributed by atoms with Gasteiger partial charge in [-0.2, -0.15) is 0 Å². The number of thioether (sulfide) groups is 1. The summed E-state index contributed by atoms with van der Waals surface area (Å²) in [6.07, 6.45) is 0.485. The van der Waals surface area contributed by atoms with Crippen LogP contribution in [0.15, 0.2) is 48.5 Å². The lowest BCUT2D eigenvalue weighted by atomic mass is 10.1. The summed E-state index contributed by atoms with van der Waals surface area (Å²) in [5, 5.41) is 2.83. The van der Waals surface area contributed by atoms with E-state index in [-0.39, 0.29) is 17.2 Å². The third kappa shape index (κ3) is 4.63. The number of ether oxygens (including phenoxy) is 1. The third-order valence-corrected chi connectivity index (χ3v) is 5.48. The van der Waals surface area contributed by atoms with Gasteiger partial charge in [0, 0.05) is 17.8 Å². The van der Waals surface area contributed by atoms with Crippen LogP contribution in [-0.4, -0.2) is 24.7 Å². The Bertz CT molecular complexity index is 820.